The van der Waals surface area contributed by atoms with E-state index in [9.17, 15) is 4.79 Å². The van der Waals surface area contributed by atoms with Gasteiger partial charge in [-0.25, -0.2) is 0 Å². The molecule has 15 heavy (non-hydrogen) atoms. The molecule has 1 aliphatic rings. The lowest BCUT2D eigenvalue weighted by Crippen LogP contribution is -2.39. The van der Waals surface area contributed by atoms with Crippen molar-refractivity contribution >= 4 is 5.78 Å². The number of carbonyl (C=O) groups is 1. The molecule has 0 aromatic heterocycles. The monoisotopic (exact) mass is 203 g/mol. The van der Waals surface area contributed by atoms with Crippen molar-refractivity contribution in [3.05, 3.63) is 35.9 Å². The van der Waals surface area contributed by atoms with Gasteiger partial charge >= 0.3 is 0 Å². The smallest absolute Gasteiger partial charge is 0.148 e. The summed E-state index contributed by atoms with van der Waals surface area (Å²) < 4.78 is 0. The van der Waals surface area contributed by atoms with Gasteiger partial charge in [0.2, 0.25) is 0 Å². The van der Waals surface area contributed by atoms with Crippen LogP contribution in [0.2, 0.25) is 0 Å². The third-order valence-electron chi connectivity index (χ3n) is 3.30. The van der Waals surface area contributed by atoms with Gasteiger partial charge in [-0.05, 0) is 19.4 Å². The van der Waals surface area contributed by atoms with Crippen LogP contribution in [0.5, 0.6) is 0 Å². The zero-order chi connectivity index (χ0) is 10.9. The highest BCUT2D eigenvalue weighted by molar-refractivity contribution is 5.82. The summed E-state index contributed by atoms with van der Waals surface area (Å²) in [6.07, 6.45) is 0.705. The molecule has 0 aliphatic carbocycles. The first-order valence-electron chi connectivity index (χ1n) is 5.43. The average Bonchev–Trinajstić information content (AvgIpc) is 2.67. The average molecular weight is 203 g/mol. The Bertz CT molecular complexity index is 356. The second kappa shape index (κ2) is 3.78. The molecule has 0 saturated carbocycles. The highest BCUT2D eigenvalue weighted by atomic mass is 16.1. The van der Waals surface area contributed by atoms with Gasteiger partial charge in [-0.3, -0.25) is 9.69 Å². The Morgan fingerprint density at radius 2 is 1.87 bits per heavy atom. The van der Waals surface area contributed by atoms with E-state index in [1.54, 1.807) is 0 Å². The summed E-state index contributed by atoms with van der Waals surface area (Å²) in [5.74, 6) is 0.360. The predicted molar refractivity (Wildman–Crippen MR) is 60.7 cm³/mol. The normalized spacial score (nSPS) is 18.4. The Morgan fingerprint density at radius 1 is 1.20 bits per heavy atom. The summed E-state index contributed by atoms with van der Waals surface area (Å²) in [5.41, 5.74) is 1.24. The summed E-state index contributed by atoms with van der Waals surface area (Å²) in [5, 5.41) is 0. The van der Waals surface area contributed by atoms with Gasteiger partial charge in [0.15, 0.2) is 0 Å². The lowest BCUT2D eigenvalue weighted by Gasteiger charge is -2.35. The standard InChI is InChI=1S/C13H17NO/c1-13(2,11-6-4-3-5-7-11)14-9-8-12(15)10-14/h3-7H,8-10H2,1-2H3. The van der Waals surface area contributed by atoms with Crippen molar-refractivity contribution in [2.45, 2.75) is 25.8 Å². The summed E-state index contributed by atoms with van der Waals surface area (Å²) in [6.45, 7) is 5.85. The molecule has 0 bridgehead atoms. The molecule has 1 aromatic carbocycles. The summed E-state index contributed by atoms with van der Waals surface area (Å²) in [6, 6.07) is 10.4. The first kappa shape index (κ1) is 10.4. The van der Waals surface area contributed by atoms with Crippen LogP contribution in [0.4, 0.5) is 0 Å². The highest BCUT2D eigenvalue weighted by Gasteiger charge is 2.33. The van der Waals surface area contributed by atoms with E-state index in [0.717, 1.165) is 6.54 Å². The maximum absolute atomic E-state index is 11.3. The predicted octanol–water partition coefficient (Wildman–Crippen LogP) is 2.20. The second-order valence-corrected chi connectivity index (χ2v) is 4.64. The summed E-state index contributed by atoms with van der Waals surface area (Å²) >= 11 is 0. The van der Waals surface area contributed by atoms with E-state index >= 15 is 0 Å². The number of rotatable bonds is 2. The fourth-order valence-corrected chi connectivity index (χ4v) is 2.14. The highest BCUT2D eigenvalue weighted by Crippen LogP contribution is 2.29. The zero-order valence-corrected chi connectivity index (χ0v) is 9.36. The Kier molecular flexibility index (Phi) is 2.61. The van der Waals surface area contributed by atoms with Crippen molar-refractivity contribution < 1.29 is 4.79 Å². The number of benzene rings is 1. The molecule has 80 valence electrons. The molecule has 1 aliphatic heterocycles. The van der Waals surface area contributed by atoms with E-state index in [4.69, 9.17) is 0 Å². The van der Waals surface area contributed by atoms with Crippen molar-refractivity contribution in [1.82, 2.24) is 4.90 Å². The van der Waals surface area contributed by atoms with Gasteiger partial charge in [-0.2, -0.15) is 0 Å². The number of likely N-dealkylation sites (tertiary alicyclic amines) is 1. The second-order valence-electron chi connectivity index (χ2n) is 4.64. The Balaban J connectivity index is 2.23. The molecule has 0 unspecified atom stereocenters. The first-order valence-corrected chi connectivity index (χ1v) is 5.43. The van der Waals surface area contributed by atoms with Gasteiger partial charge in [-0.15, -0.1) is 0 Å². The fraction of sp³-hybridized carbons (Fsp3) is 0.462. The molecule has 0 radical (unpaired) electrons. The lowest BCUT2D eigenvalue weighted by atomic mass is 9.93. The van der Waals surface area contributed by atoms with Crippen LogP contribution in [0, 0.1) is 0 Å². The number of Topliss-reactive ketones (excluding diaryl/α,β-unsaturated/α-hetero) is 1. The van der Waals surface area contributed by atoms with Crippen LogP contribution in [0.15, 0.2) is 30.3 Å². The van der Waals surface area contributed by atoms with Crippen molar-refractivity contribution in [1.29, 1.82) is 0 Å². The zero-order valence-electron chi connectivity index (χ0n) is 9.36. The molecule has 2 nitrogen and oxygen atoms in total. The Morgan fingerprint density at radius 3 is 2.40 bits per heavy atom. The molecule has 0 spiro atoms. The maximum atomic E-state index is 11.3. The number of carbonyl (C=O) groups excluding carboxylic acids is 1. The molecule has 0 amide bonds. The summed E-state index contributed by atoms with van der Waals surface area (Å²) in [7, 11) is 0. The van der Waals surface area contributed by atoms with E-state index in [0.29, 0.717) is 18.7 Å². The minimum absolute atomic E-state index is 0.0343. The van der Waals surface area contributed by atoms with E-state index in [-0.39, 0.29) is 5.54 Å². The van der Waals surface area contributed by atoms with Gasteiger partial charge in [0, 0.05) is 18.5 Å². The SMILES string of the molecule is CC(C)(c1ccccc1)N1CCC(=O)C1. The Hall–Kier alpha value is -1.15. The van der Waals surface area contributed by atoms with Crippen molar-refractivity contribution in [2.24, 2.45) is 0 Å². The van der Waals surface area contributed by atoms with Crippen LogP contribution >= 0.6 is 0 Å². The van der Waals surface area contributed by atoms with Crippen LogP contribution in [0.3, 0.4) is 0 Å². The Labute approximate surface area is 90.9 Å². The number of hydrogen-bond donors (Lipinski definition) is 0. The maximum Gasteiger partial charge on any atom is 0.148 e. The minimum atomic E-state index is -0.0343. The quantitative estimate of drug-likeness (QED) is 0.734. The van der Waals surface area contributed by atoms with Crippen LogP contribution in [0.25, 0.3) is 0 Å². The molecular formula is C13H17NO. The topological polar surface area (TPSA) is 20.3 Å². The lowest BCUT2D eigenvalue weighted by molar-refractivity contribution is -0.117. The van der Waals surface area contributed by atoms with Crippen LogP contribution in [0.1, 0.15) is 25.8 Å². The molecule has 0 N–H and O–H groups in total. The van der Waals surface area contributed by atoms with E-state index in [1.807, 2.05) is 6.07 Å². The molecule has 1 heterocycles. The number of ketones is 1. The molecule has 1 saturated heterocycles. The molecule has 2 rings (SSSR count). The molecule has 1 fully saturated rings. The van der Waals surface area contributed by atoms with Crippen LogP contribution < -0.4 is 0 Å². The third kappa shape index (κ3) is 1.95. The van der Waals surface area contributed by atoms with Crippen LogP contribution in [-0.2, 0) is 10.3 Å². The van der Waals surface area contributed by atoms with Gasteiger partial charge in [0.25, 0.3) is 0 Å². The first-order chi connectivity index (χ1) is 7.10. The van der Waals surface area contributed by atoms with Gasteiger partial charge < -0.3 is 0 Å². The minimum Gasteiger partial charge on any atom is -0.298 e. The largest absolute Gasteiger partial charge is 0.298 e. The van der Waals surface area contributed by atoms with Gasteiger partial charge in [0.05, 0.1) is 6.54 Å². The molecule has 1 aromatic rings. The summed E-state index contributed by atoms with van der Waals surface area (Å²) in [4.78, 5) is 13.5. The number of hydrogen-bond acceptors (Lipinski definition) is 2. The molecule has 2 heteroatoms. The fourth-order valence-electron chi connectivity index (χ4n) is 2.14. The van der Waals surface area contributed by atoms with E-state index in [1.165, 1.54) is 5.56 Å². The molecule has 0 atom stereocenters. The molecular weight excluding hydrogens is 186 g/mol. The van der Waals surface area contributed by atoms with E-state index < -0.39 is 0 Å². The van der Waals surface area contributed by atoms with Crippen molar-refractivity contribution in [2.75, 3.05) is 13.1 Å². The van der Waals surface area contributed by atoms with Crippen LogP contribution in [-0.4, -0.2) is 23.8 Å². The van der Waals surface area contributed by atoms with Gasteiger partial charge in [0.1, 0.15) is 5.78 Å². The van der Waals surface area contributed by atoms with Crippen molar-refractivity contribution in [3.8, 4) is 0 Å². The number of nitrogens with zero attached hydrogens (tertiary/aromatic N) is 1. The van der Waals surface area contributed by atoms with Crippen molar-refractivity contribution in [3.63, 3.8) is 0 Å². The van der Waals surface area contributed by atoms with Gasteiger partial charge in [-0.1, -0.05) is 30.3 Å². The van der Waals surface area contributed by atoms with E-state index in [2.05, 4.69) is 43.0 Å². The third-order valence-corrected chi connectivity index (χ3v) is 3.30.